The molecule has 6 nitrogen and oxygen atoms in total. The Hall–Kier alpha value is -3.28. The summed E-state index contributed by atoms with van der Waals surface area (Å²) in [7, 11) is 3.12. The number of nitrogens with one attached hydrogen (secondary N) is 1. The fourth-order valence-electron chi connectivity index (χ4n) is 3.58. The zero-order valence-corrected chi connectivity index (χ0v) is 18.3. The predicted octanol–water partition coefficient (Wildman–Crippen LogP) is 4.18. The number of carbonyl (C=O) groups excluding carboxylic acids is 2. The molecule has 1 aliphatic rings. The van der Waals surface area contributed by atoms with Crippen LogP contribution in [0.4, 0.5) is 0 Å². The first kappa shape index (κ1) is 21.4. The first-order chi connectivity index (χ1) is 14.2. The van der Waals surface area contributed by atoms with E-state index in [0.29, 0.717) is 22.6 Å². The second-order valence-corrected chi connectivity index (χ2v) is 8.33. The summed E-state index contributed by atoms with van der Waals surface area (Å²) in [6.45, 7) is 7.64. The summed E-state index contributed by atoms with van der Waals surface area (Å²) >= 11 is 0. The second-order valence-electron chi connectivity index (χ2n) is 8.33. The lowest BCUT2D eigenvalue weighted by Gasteiger charge is -2.36. The highest BCUT2D eigenvalue weighted by atomic mass is 16.5. The van der Waals surface area contributed by atoms with Gasteiger partial charge in [0.15, 0.2) is 11.5 Å². The molecule has 1 unspecified atom stereocenters. The predicted molar refractivity (Wildman–Crippen MR) is 116 cm³/mol. The van der Waals surface area contributed by atoms with E-state index in [9.17, 15) is 9.59 Å². The smallest absolute Gasteiger partial charge is 0.258 e. The quantitative estimate of drug-likeness (QED) is 0.824. The van der Waals surface area contributed by atoms with Gasteiger partial charge in [-0.2, -0.15) is 0 Å². The third kappa shape index (κ3) is 4.17. The minimum absolute atomic E-state index is 0.246. The maximum atomic E-state index is 13.4. The van der Waals surface area contributed by atoms with Crippen molar-refractivity contribution in [3.63, 3.8) is 0 Å². The molecule has 2 aromatic carbocycles. The third-order valence-electron chi connectivity index (χ3n) is 4.89. The van der Waals surface area contributed by atoms with E-state index in [-0.39, 0.29) is 11.8 Å². The van der Waals surface area contributed by atoms with Crippen LogP contribution in [0.2, 0.25) is 0 Å². The van der Waals surface area contributed by atoms with Crippen LogP contribution >= 0.6 is 0 Å². The van der Waals surface area contributed by atoms with Crippen molar-refractivity contribution < 1.29 is 19.1 Å². The highest BCUT2D eigenvalue weighted by Gasteiger charge is 2.38. The molecule has 2 aromatic rings. The van der Waals surface area contributed by atoms with Gasteiger partial charge in [-0.15, -0.1) is 0 Å². The van der Waals surface area contributed by atoms with E-state index >= 15 is 0 Å². The molecular formula is C24H28N2O4. The van der Waals surface area contributed by atoms with Crippen LogP contribution in [-0.4, -0.2) is 36.5 Å². The van der Waals surface area contributed by atoms with Gasteiger partial charge in [-0.25, -0.2) is 0 Å². The molecule has 2 amide bonds. The van der Waals surface area contributed by atoms with Crippen molar-refractivity contribution in [2.24, 2.45) is 0 Å². The SMILES string of the molecule is COc1cc2c(cc1OC)C(C(=O)NC(C)(C)C)N(C(=O)c1ccccc1)C=C2C. The first-order valence-corrected chi connectivity index (χ1v) is 9.80. The molecule has 0 aromatic heterocycles. The Labute approximate surface area is 177 Å². The standard InChI is InChI=1S/C24H28N2O4/c1-15-14-26(23(28)16-10-8-7-9-11-16)21(22(27)25-24(2,3)4)18-13-20(30-6)19(29-5)12-17(15)18/h7-14,21H,1-6H3,(H,25,27). The molecule has 0 saturated heterocycles. The molecule has 3 rings (SSSR count). The van der Waals surface area contributed by atoms with Crippen molar-refractivity contribution in [2.45, 2.75) is 39.3 Å². The van der Waals surface area contributed by atoms with E-state index in [0.717, 1.165) is 11.1 Å². The number of methoxy groups -OCH3 is 2. The maximum Gasteiger partial charge on any atom is 0.258 e. The van der Waals surface area contributed by atoms with Gasteiger partial charge in [-0.1, -0.05) is 18.2 Å². The van der Waals surface area contributed by atoms with Gasteiger partial charge >= 0.3 is 0 Å². The molecule has 0 aliphatic carbocycles. The van der Waals surface area contributed by atoms with E-state index in [4.69, 9.17) is 9.47 Å². The summed E-state index contributed by atoms with van der Waals surface area (Å²) in [6.07, 6.45) is 1.73. The number of amides is 2. The summed E-state index contributed by atoms with van der Waals surface area (Å²) in [6, 6.07) is 11.7. The summed E-state index contributed by atoms with van der Waals surface area (Å²) in [4.78, 5) is 28.2. The molecular weight excluding hydrogens is 380 g/mol. The van der Waals surface area contributed by atoms with E-state index in [1.807, 2.05) is 39.8 Å². The average molecular weight is 408 g/mol. The number of benzene rings is 2. The molecule has 0 spiro atoms. The van der Waals surface area contributed by atoms with Crippen molar-refractivity contribution in [3.8, 4) is 11.5 Å². The van der Waals surface area contributed by atoms with Gasteiger partial charge in [-0.3, -0.25) is 14.5 Å². The van der Waals surface area contributed by atoms with Gasteiger partial charge in [0.25, 0.3) is 5.91 Å². The van der Waals surface area contributed by atoms with Crippen LogP contribution in [0.5, 0.6) is 11.5 Å². The van der Waals surface area contributed by atoms with Crippen LogP contribution < -0.4 is 14.8 Å². The van der Waals surface area contributed by atoms with Crippen molar-refractivity contribution in [1.82, 2.24) is 10.2 Å². The number of hydrogen-bond acceptors (Lipinski definition) is 4. The largest absolute Gasteiger partial charge is 0.493 e. The van der Waals surface area contributed by atoms with E-state index < -0.39 is 11.6 Å². The Bertz CT molecular complexity index is 990. The number of rotatable bonds is 4. The van der Waals surface area contributed by atoms with Crippen LogP contribution in [0.3, 0.4) is 0 Å². The van der Waals surface area contributed by atoms with E-state index in [1.165, 1.54) is 4.90 Å². The topological polar surface area (TPSA) is 67.9 Å². The molecule has 6 heteroatoms. The molecule has 1 aliphatic heterocycles. The van der Waals surface area contributed by atoms with Crippen LogP contribution in [0.1, 0.15) is 55.2 Å². The highest BCUT2D eigenvalue weighted by Crippen LogP contribution is 2.42. The Kier molecular flexibility index (Phi) is 5.87. The molecule has 1 heterocycles. The summed E-state index contributed by atoms with van der Waals surface area (Å²) in [5.74, 6) is 0.571. The number of hydrogen-bond donors (Lipinski definition) is 1. The Morgan fingerprint density at radius 1 is 1.00 bits per heavy atom. The maximum absolute atomic E-state index is 13.4. The van der Waals surface area contributed by atoms with Gasteiger partial charge in [0.1, 0.15) is 6.04 Å². The highest BCUT2D eigenvalue weighted by molar-refractivity contribution is 6.01. The van der Waals surface area contributed by atoms with Crippen LogP contribution in [0.25, 0.3) is 5.57 Å². The summed E-state index contributed by atoms with van der Waals surface area (Å²) in [5.41, 5.74) is 2.46. The molecule has 0 radical (unpaired) electrons. The average Bonchev–Trinajstić information content (AvgIpc) is 2.71. The molecule has 0 bridgehead atoms. The monoisotopic (exact) mass is 408 g/mol. The zero-order chi connectivity index (χ0) is 22.1. The van der Waals surface area contributed by atoms with Crippen molar-refractivity contribution in [1.29, 1.82) is 0 Å². The lowest BCUT2D eigenvalue weighted by molar-refractivity contribution is -0.126. The minimum Gasteiger partial charge on any atom is -0.493 e. The minimum atomic E-state index is -0.838. The normalized spacial score (nSPS) is 15.7. The number of nitrogens with zero attached hydrogens (tertiary/aromatic N) is 1. The van der Waals surface area contributed by atoms with E-state index in [1.54, 1.807) is 50.8 Å². The Balaban J connectivity index is 2.17. The molecule has 1 N–H and O–H groups in total. The molecule has 0 fully saturated rings. The molecule has 1 atom stereocenters. The fraction of sp³-hybridized carbons (Fsp3) is 0.333. The van der Waals surface area contributed by atoms with Gasteiger partial charge in [-0.05, 0) is 68.7 Å². The Morgan fingerprint density at radius 3 is 2.17 bits per heavy atom. The Morgan fingerprint density at radius 2 is 1.60 bits per heavy atom. The van der Waals surface area contributed by atoms with Crippen molar-refractivity contribution in [3.05, 3.63) is 65.4 Å². The van der Waals surface area contributed by atoms with Crippen LogP contribution in [0.15, 0.2) is 48.7 Å². The zero-order valence-electron chi connectivity index (χ0n) is 18.3. The molecule has 158 valence electrons. The lowest BCUT2D eigenvalue weighted by Crippen LogP contribution is -2.49. The van der Waals surface area contributed by atoms with Gasteiger partial charge in [0, 0.05) is 17.3 Å². The van der Waals surface area contributed by atoms with Crippen LogP contribution in [0, 0.1) is 0 Å². The van der Waals surface area contributed by atoms with Crippen molar-refractivity contribution >= 4 is 17.4 Å². The molecule has 0 saturated carbocycles. The summed E-state index contributed by atoms with van der Waals surface area (Å²) < 4.78 is 10.9. The van der Waals surface area contributed by atoms with Gasteiger partial charge in [0.05, 0.1) is 14.2 Å². The second kappa shape index (κ2) is 8.22. The van der Waals surface area contributed by atoms with E-state index in [2.05, 4.69) is 5.32 Å². The third-order valence-corrected chi connectivity index (χ3v) is 4.89. The number of carbonyl (C=O) groups is 2. The first-order valence-electron chi connectivity index (χ1n) is 9.80. The molecule has 30 heavy (non-hydrogen) atoms. The summed E-state index contributed by atoms with van der Waals surface area (Å²) in [5, 5.41) is 3.01. The van der Waals surface area contributed by atoms with Gasteiger partial charge < -0.3 is 14.8 Å². The number of fused-ring (bicyclic) bond motifs is 1. The fourth-order valence-corrected chi connectivity index (χ4v) is 3.58. The number of ether oxygens (including phenoxy) is 2. The van der Waals surface area contributed by atoms with Crippen molar-refractivity contribution in [2.75, 3.05) is 14.2 Å². The van der Waals surface area contributed by atoms with Crippen LogP contribution in [-0.2, 0) is 4.79 Å². The number of allylic oxidation sites excluding steroid dienone is 1. The lowest BCUT2D eigenvalue weighted by atomic mass is 9.89. The van der Waals surface area contributed by atoms with Gasteiger partial charge in [0.2, 0.25) is 5.91 Å².